The van der Waals surface area contributed by atoms with Crippen LogP contribution in [0.3, 0.4) is 0 Å². The highest BCUT2D eigenvalue weighted by Crippen LogP contribution is 2.13. The summed E-state index contributed by atoms with van der Waals surface area (Å²) in [5.74, 6) is 0.867. The molecule has 7 nitrogen and oxygen atoms in total. The third kappa shape index (κ3) is 3.68. The smallest absolute Gasteiger partial charge is 0.373 e. The molecular formula is C16H18N5O2+. The van der Waals surface area contributed by atoms with E-state index < -0.39 is 5.60 Å². The van der Waals surface area contributed by atoms with Gasteiger partial charge in [0.2, 0.25) is 6.54 Å². The summed E-state index contributed by atoms with van der Waals surface area (Å²) >= 11 is 0. The van der Waals surface area contributed by atoms with Gasteiger partial charge in [0, 0.05) is 30.1 Å². The van der Waals surface area contributed by atoms with Crippen LogP contribution in [0.15, 0.2) is 43.0 Å². The first-order valence-corrected chi connectivity index (χ1v) is 7.29. The highest BCUT2D eigenvalue weighted by atomic mass is 16.6. The summed E-state index contributed by atoms with van der Waals surface area (Å²) < 4.78 is 8.68. The molecule has 0 aliphatic heterocycles. The van der Waals surface area contributed by atoms with E-state index in [-0.39, 0.29) is 12.5 Å². The first kappa shape index (κ1) is 15.1. The highest BCUT2D eigenvalue weighted by molar-refractivity contribution is 5.68. The summed E-state index contributed by atoms with van der Waals surface area (Å²) in [7, 11) is 0. The number of hydrogen-bond acceptors (Lipinski definition) is 5. The second-order valence-electron chi connectivity index (χ2n) is 6.15. The lowest BCUT2D eigenvalue weighted by Crippen LogP contribution is -2.40. The number of fused-ring (bicyclic) bond motifs is 1. The topological polar surface area (TPSA) is 73.3 Å². The molecule has 0 spiro atoms. The molecule has 0 fully saturated rings. The zero-order valence-corrected chi connectivity index (χ0v) is 13.3. The SMILES string of the molecule is CC(C)(C)OC(=O)C[n+]1ccc(-c2nc3ncccn3n2)cc1. The molecule has 0 radical (unpaired) electrons. The van der Waals surface area contributed by atoms with E-state index in [4.69, 9.17) is 4.74 Å². The molecule has 0 N–H and O–H groups in total. The van der Waals surface area contributed by atoms with Crippen molar-refractivity contribution < 1.29 is 14.1 Å². The van der Waals surface area contributed by atoms with Gasteiger partial charge in [-0.25, -0.2) is 14.3 Å². The largest absolute Gasteiger partial charge is 0.455 e. The van der Waals surface area contributed by atoms with E-state index in [0.29, 0.717) is 11.6 Å². The third-order valence-electron chi connectivity index (χ3n) is 3.00. The van der Waals surface area contributed by atoms with Crippen LogP contribution in [0.25, 0.3) is 17.2 Å². The van der Waals surface area contributed by atoms with E-state index in [2.05, 4.69) is 15.1 Å². The van der Waals surface area contributed by atoms with Crippen molar-refractivity contribution >= 4 is 11.7 Å². The maximum absolute atomic E-state index is 11.8. The lowest BCUT2D eigenvalue weighted by molar-refractivity contribution is -0.686. The van der Waals surface area contributed by atoms with Crippen molar-refractivity contribution in [3.05, 3.63) is 43.0 Å². The Labute approximate surface area is 133 Å². The molecule has 3 aromatic rings. The molecule has 0 atom stereocenters. The van der Waals surface area contributed by atoms with Gasteiger partial charge in [0.25, 0.3) is 5.78 Å². The Morgan fingerprint density at radius 3 is 2.70 bits per heavy atom. The Hall–Kier alpha value is -2.83. The average Bonchev–Trinajstić information content (AvgIpc) is 2.89. The van der Waals surface area contributed by atoms with Crippen LogP contribution in [0.5, 0.6) is 0 Å². The fourth-order valence-corrected chi connectivity index (χ4v) is 2.09. The summed E-state index contributed by atoms with van der Waals surface area (Å²) in [6.07, 6.45) is 7.08. The van der Waals surface area contributed by atoms with E-state index >= 15 is 0 Å². The molecule has 7 heteroatoms. The lowest BCUT2D eigenvalue weighted by atomic mass is 10.2. The van der Waals surface area contributed by atoms with E-state index in [1.807, 2.05) is 32.9 Å². The number of esters is 1. The zero-order chi connectivity index (χ0) is 16.4. The number of carbonyl (C=O) groups excluding carboxylic acids is 1. The second-order valence-corrected chi connectivity index (χ2v) is 6.15. The molecule has 0 unspecified atom stereocenters. The number of rotatable bonds is 3. The predicted molar refractivity (Wildman–Crippen MR) is 82.3 cm³/mol. The molecule has 0 saturated heterocycles. The Bertz CT molecular complexity index is 801. The van der Waals surface area contributed by atoms with Gasteiger partial charge in [-0.15, -0.1) is 5.10 Å². The van der Waals surface area contributed by atoms with Gasteiger partial charge in [-0.05, 0) is 26.8 Å². The van der Waals surface area contributed by atoms with Crippen molar-refractivity contribution in [2.24, 2.45) is 0 Å². The number of pyridine rings is 1. The van der Waals surface area contributed by atoms with Crippen molar-refractivity contribution in [1.82, 2.24) is 19.6 Å². The van der Waals surface area contributed by atoms with Crippen LogP contribution >= 0.6 is 0 Å². The number of carbonyl (C=O) groups is 1. The molecule has 118 valence electrons. The Balaban J connectivity index is 1.75. The molecule has 23 heavy (non-hydrogen) atoms. The summed E-state index contributed by atoms with van der Waals surface area (Å²) in [6.45, 7) is 5.71. The normalized spacial score (nSPS) is 11.6. The van der Waals surface area contributed by atoms with Crippen LogP contribution in [0.2, 0.25) is 0 Å². The van der Waals surface area contributed by atoms with E-state index in [0.717, 1.165) is 5.56 Å². The van der Waals surface area contributed by atoms with Crippen LogP contribution in [0.4, 0.5) is 0 Å². The van der Waals surface area contributed by atoms with Gasteiger partial charge in [0.1, 0.15) is 5.60 Å². The van der Waals surface area contributed by atoms with Gasteiger partial charge < -0.3 is 4.74 Å². The molecule has 0 aliphatic carbocycles. The Morgan fingerprint density at radius 2 is 2.04 bits per heavy atom. The van der Waals surface area contributed by atoms with Gasteiger partial charge in [-0.3, -0.25) is 0 Å². The zero-order valence-electron chi connectivity index (χ0n) is 13.3. The monoisotopic (exact) mass is 312 g/mol. The second kappa shape index (κ2) is 5.75. The van der Waals surface area contributed by atoms with Crippen LogP contribution < -0.4 is 4.57 Å². The van der Waals surface area contributed by atoms with Crippen LogP contribution in [-0.4, -0.2) is 31.2 Å². The Kier molecular flexibility index (Phi) is 3.77. The molecule has 0 amide bonds. The molecule has 3 aromatic heterocycles. The molecular weight excluding hydrogens is 294 g/mol. The van der Waals surface area contributed by atoms with Gasteiger partial charge in [-0.1, -0.05) is 0 Å². The van der Waals surface area contributed by atoms with Gasteiger partial charge in [-0.2, -0.15) is 9.55 Å². The third-order valence-corrected chi connectivity index (χ3v) is 3.00. The molecule has 0 aliphatic rings. The first-order chi connectivity index (χ1) is 10.9. The number of aromatic nitrogens is 5. The van der Waals surface area contributed by atoms with E-state index in [1.54, 1.807) is 39.9 Å². The van der Waals surface area contributed by atoms with Gasteiger partial charge in [0.15, 0.2) is 18.2 Å². The predicted octanol–water partition coefficient (Wildman–Crippen LogP) is 1.42. The summed E-state index contributed by atoms with van der Waals surface area (Å²) in [5.41, 5.74) is 0.376. The molecule has 0 saturated carbocycles. The summed E-state index contributed by atoms with van der Waals surface area (Å²) in [5, 5.41) is 4.36. The average molecular weight is 312 g/mol. The molecule has 0 aromatic carbocycles. The fraction of sp³-hybridized carbons (Fsp3) is 0.312. The number of hydrogen-bond donors (Lipinski definition) is 0. The first-order valence-electron chi connectivity index (χ1n) is 7.29. The summed E-state index contributed by atoms with van der Waals surface area (Å²) in [6, 6.07) is 5.52. The standard InChI is InChI=1S/C16H18N5O2/c1-16(2,3)23-13(22)11-20-9-5-12(6-10-20)14-18-15-17-7-4-8-21(15)19-14/h4-10H,11H2,1-3H3/q+1. The van der Waals surface area contributed by atoms with E-state index in [1.165, 1.54) is 0 Å². The molecule has 3 rings (SSSR count). The minimum Gasteiger partial charge on any atom is -0.455 e. The van der Waals surface area contributed by atoms with Gasteiger partial charge in [0.05, 0.1) is 0 Å². The highest BCUT2D eigenvalue weighted by Gasteiger charge is 2.19. The van der Waals surface area contributed by atoms with Crippen molar-refractivity contribution in [2.75, 3.05) is 0 Å². The van der Waals surface area contributed by atoms with Crippen molar-refractivity contribution in [3.63, 3.8) is 0 Å². The van der Waals surface area contributed by atoms with Gasteiger partial charge >= 0.3 is 5.97 Å². The van der Waals surface area contributed by atoms with Crippen molar-refractivity contribution in [2.45, 2.75) is 32.9 Å². The fourth-order valence-electron chi connectivity index (χ4n) is 2.09. The summed E-state index contributed by atoms with van der Waals surface area (Å²) in [4.78, 5) is 20.3. The molecule has 0 bridgehead atoms. The maximum Gasteiger partial charge on any atom is 0.373 e. The minimum atomic E-state index is -0.481. The number of ether oxygens (including phenoxy) is 1. The van der Waals surface area contributed by atoms with Crippen LogP contribution in [0.1, 0.15) is 20.8 Å². The van der Waals surface area contributed by atoms with Crippen LogP contribution in [0, 0.1) is 0 Å². The van der Waals surface area contributed by atoms with E-state index in [9.17, 15) is 4.79 Å². The van der Waals surface area contributed by atoms with Crippen molar-refractivity contribution in [1.29, 1.82) is 0 Å². The maximum atomic E-state index is 11.8. The lowest BCUT2D eigenvalue weighted by Gasteiger charge is -2.18. The number of nitrogens with zero attached hydrogens (tertiary/aromatic N) is 5. The Morgan fingerprint density at radius 1 is 1.30 bits per heavy atom. The molecule has 3 heterocycles. The minimum absolute atomic E-state index is 0.164. The van der Waals surface area contributed by atoms with Crippen LogP contribution in [-0.2, 0) is 16.1 Å². The van der Waals surface area contributed by atoms with Crippen molar-refractivity contribution in [3.8, 4) is 11.4 Å². The quantitative estimate of drug-likeness (QED) is 0.540.